The summed E-state index contributed by atoms with van der Waals surface area (Å²) in [5.41, 5.74) is -2.11. The van der Waals surface area contributed by atoms with Crippen LogP contribution in [0.1, 0.15) is 20.3 Å². The Morgan fingerprint density at radius 3 is 2.31 bits per heavy atom. The first-order valence-electron chi connectivity index (χ1n) is 10.0. The van der Waals surface area contributed by atoms with Crippen LogP contribution < -0.4 is 0 Å². The molecule has 2 aliphatic rings. The Balaban J connectivity index is 2.11. The van der Waals surface area contributed by atoms with Gasteiger partial charge in [0, 0.05) is 42.8 Å². The van der Waals surface area contributed by atoms with Crippen molar-refractivity contribution in [3.63, 3.8) is 0 Å². The summed E-state index contributed by atoms with van der Waals surface area (Å²) in [6.07, 6.45) is -4.79. The lowest BCUT2D eigenvalue weighted by Crippen LogP contribution is -2.58. The standard InChI is InChI=1S/C20H34F4N2O3/c1-19(10-25(3)7-6-14(19)16(21)22)12-29-9-13-8-26(4)11-20(2,18(27)28-5)15(13)17(23)24/h13-17H,6-12H2,1-5H3. The molecule has 2 saturated heterocycles. The summed E-state index contributed by atoms with van der Waals surface area (Å²) in [6.45, 7) is 4.90. The molecular formula is C20H34F4N2O3. The van der Waals surface area contributed by atoms with Crippen molar-refractivity contribution in [1.29, 1.82) is 0 Å². The Kier molecular flexibility index (Phi) is 7.95. The number of halogens is 4. The van der Waals surface area contributed by atoms with E-state index in [9.17, 15) is 22.4 Å². The summed E-state index contributed by atoms with van der Waals surface area (Å²) in [6, 6.07) is 0. The fourth-order valence-electron chi connectivity index (χ4n) is 5.39. The minimum atomic E-state index is -2.72. The fourth-order valence-corrected chi connectivity index (χ4v) is 5.39. The van der Waals surface area contributed by atoms with Crippen molar-refractivity contribution in [3.05, 3.63) is 0 Å². The van der Waals surface area contributed by atoms with Crippen LogP contribution in [0, 0.1) is 28.6 Å². The van der Waals surface area contributed by atoms with E-state index in [0.29, 0.717) is 26.1 Å². The first-order valence-corrected chi connectivity index (χ1v) is 10.0. The number of carbonyl (C=O) groups excluding carboxylic acids is 1. The first kappa shape index (κ1) is 24.3. The molecule has 2 heterocycles. The molecule has 0 bridgehead atoms. The molecule has 2 rings (SSSR count). The van der Waals surface area contributed by atoms with Crippen molar-refractivity contribution in [2.24, 2.45) is 28.6 Å². The summed E-state index contributed by atoms with van der Waals surface area (Å²) in [5, 5.41) is 0. The van der Waals surface area contributed by atoms with Gasteiger partial charge in [0.1, 0.15) is 0 Å². The van der Waals surface area contributed by atoms with Gasteiger partial charge in [0.25, 0.3) is 0 Å². The number of alkyl halides is 4. The number of methoxy groups -OCH3 is 1. The van der Waals surface area contributed by atoms with Gasteiger partial charge in [-0.05, 0) is 34.0 Å². The van der Waals surface area contributed by atoms with Gasteiger partial charge in [0.15, 0.2) is 0 Å². The molecule has 0 aliphatic carbocycles. The number of likely N-dealkylation sites (tertiary alicyclic amines) is 2. The van der Waals surface area contributed by atoms with Gasteiger partial charge in [0.2, 0.25) is 12.9 Å². The third-order valence-electron chi connectivity index (χ3n) is 6.73. The molecule has 0 radical (unpaired) electrons. The maximum atomic E-state index is 14.0. The van der Waals surface area contributed by atoms with E-state index in [-0.39, 0.29) is 19.8 Å². The van der Waals surface area contributed by atoms with Crippen LogP contribution in [-0.2, 0) is 14.3 Å². The van der Waals surface area contributed by atoms with Crippen LogP contribution in [0.15, 0.2) is 0 Å². The number of ether oxygens (including phenoxy) is 2. The average Bonchev–Trinajstić information content (AvgIpc) is 2.59. The highest BCUT2D eigenvalue weighted by molar-refractivity contribution is 5.77. The lowest BCUT2D eigenvalue weighted by Gasteiger charge is -2.48. The van der Waals surface area contributed by atoms with Crippen molar-refractivity contribution in [3.8, 4) is 0 Å². The van der Waals surface area contributed by atoms with Gasteiger partial charge < -0.3 is 19.3 Å². The molecule has 2 fully saturated rings. The SMILES string of the molecule is COC(=O)C1(C)CN(C)CC(COCC2(C)CN(C)CCC2C(F)F)C1C(F)F. The summed E-state index contributed by atoms with van der Waals surface area (Å²) < 4.78 is 65.7. The Labute approximate surface area is 170 Å². The molecule has 2 aliphatic heterocycles. The monoisotopic (exact) mass is 426 g/mol. The van der Waals surface area contributed by atoms with Crippen molar-refractivity contribution in [2.45, 2.75) is 33.1 Å². The van der Waals surface area contributed by atoms with Gasteiger partial charge in [-0.15, -0.1) is 0 Å². The Morgan fingerprint density at radius 2 is 1.76 bits per heavy atom. The molecule has 0 saturated carbocycles. The Hall–Kier alpha value is -0.930. The first-order chi connectivity index (χ1) is 13.4. The zero-order chi connectivity index (χ0) is 22.0. The van der Waals surface area contributed by atoms with Gasteiger partial charge in [0.05, 0.1) is 25.7 Å². The summed E-state index contributed by atoms with van der Waals surface area (Å²) in [5.74, 6) is -3.29. The van der Waals surface area contributed by atoms with Crippen LogP contribution in [0.4, 0.5) is 17.6 Å². The molecule has 0 aromatic rings. The molecule has 5 atom stereocenters. The smallest absolute Gasteiger partial charge is 0.313 e. The maximum Gasteiger partial charge on any atom is 0.313 e. The van der Waals surface area contributed by atoms with Gasteiger partial charge in [-0.1, -0.05) is 6.92 Å². The van der Waals surface area contributed by atoms with Gasteiger partial charge in [-0.3, -0.25) is 4.79 Å². The molecule has 0 spiro atoms. The normalized spacial score (nSPS) is 37.3. The molecule has 0 aromatic carbocycles. The van der Waals surface area contributed by atoms with Crippen molar-refractivity contribution in [1.82, 2.24) is 9.80 Å². The van der Waals surface area contributed by atoms with Crippen LogP contribution >= 0.6 is 0 Å². The van der Waals surface area contributed by atoms with Gasteiger partial charge >= 0.3 is 5.97 Å². The molecule has 5 nitrogen and oxygen atoms in total. The number of piperidine rings is 2. The van der Waals surface area contributed by atoms with E-state index >= 15 is 0 Å². The van der Waals surface area contributed by atoms with Gasteiger partial charge in [-0.2, -0.15) is 0 Å². The number of carbonyl (C=O) groups is 1. The largest absolute Gasteiger partial charge is 0.469 e. The number of nitrogens with zero attached hydrogens (tertiary/aromatic N) is 2. The second-order valence-corrected chi connectivity index (χ2v) is 9.36. The second kappa shape index (κ2) is 9.47. The average molecular weight is 426 g/mol. The molecule has 0 amide bonds. The number of hydrogen-bond acceptors (Lipinski definition) is 5. The van der Waals surface area contributed by atoms with E-state index in [1.165, 1.54) is 14.0 Å². The Morgan fingerprint density at radius 1 is 1.10 bits per heavy atom. The molecular weight excluding hydrogens is 392 g/mol. The molecule has 5 unspecified atom stereocenters. The number of hydrogen-bond donors (Lipinski definition) is 0. The predicted octanol–water partition coefficient (Wildman–Crippen LogP) is 2.85. The number of esters is 1. The Bertz CT molecular complexity index is 568. The third kappa shape index (κ3) is 5.22. The zero-order valence-electron chi connectivity index (χ0n) is 18.0. The molecule has 170 valence electrons. The highest BCUT2D eigenvalue weighted by Crippen LogP contribution is 2.44. The highest BCUT2D eigenvalue weighted by Gasteiger charge is 2.54. The zero-order valence-corrected chi connectivity index (χ0v) is 18.0. The fraction of sp³-hybridized carbons (Fsp3) is 0.950. The van der Waals surface area contributed by atoms with Crippen molar-refractivity contribution in [2.75, 3.05) is 60.6 Å². The van der Waals surface area contributed by atoms with Crippen LogP contribution in [0.3, 0.4) is 0 Å². The van der Waals surface area contributed by atoms with Crippen LogP contribution in [-0.4, -0.2) is 89.2 Å². The summed E-state index contributed by atoms with van der Waals surface area (Å²) in [7, 11) is 4.84. The maximum absolute atomic E-state index is 14.0. The predicted molar refractivity (Wildman–Crippen MR) is 101 cm³/mol. The van der Waals surface area contributed by atoms with Crippen LogP contribution in [0.5, 0.6) is 0 Å². The number of rotatable bonds is 7. The van der Waals surface area contributed by atoms with E-state index in [4.69, 9.17) is 9.47 Å². The summed E-state index contributed by atoms with van der Waals surface area (Å²) in [4.78, 5) is 16.1. The minimum Gasteiger partial charge on any atom is -0.469 e. The molecule has 0 N–H and O–H groups in total. The topological polar surface area (TPSA) is 42.0 Å². The lowest BCUT2D eigenvalue weighted by atomic mass is 9.67. The van der Waals surface area contributed by atoms with Crippen molar-refractivity contribution >= 4 is 5.97 Å². The quantitative estimate of drug-likeness (QED) is 0.463. The van der Waals surface area contributed by atoms with E-state index < -0.39 is 47.4 Å². The highest BCUT2D eigenvalue weighted by atomic mass is 19.3. The van der Waals surface area contributed by atoms with E-state index in [0.717, 1.165) is 0 Å². The third-order valence-corrected chi connectivity index (χ3v) is 6.73. The molecule has 29 heavy (non-hydrogen) atoms. The molecule has 0 aromatic heterocycles. The molecule has 9 heteroatoms. The van der Waals surface area contributed by atoms with Gasteiger partial charge in [-0.25, -0.2) is 17.6 Å². The van der Waals surface area contributed by atoms with Crippen LogP contribution in [0.2, 0.25) is 0 Å². The lowest BCUT2D eigenvalue weighted by molar-refractivity contribution is -0.175. The van der Waals surface area contributed by atoms with E-state index in [1.807, 2.05) is 16.8 Å². The minimum absolute atomic E-state index is 0.0127. The van der Waals surface area contributed by atoms with E-state index in [2.05, 4.69) is 0 Å². The summed E-state index contributed by atoms with van der Waals surface area (Å²) >= 11 is 0. The van der Waals surface area contributed by atoms with Crippen LogP contribution in [0.25, 0.3) is 0 Å². The van der Waals surface area contributed by atoms with E-state index in [1.54, 1.807) is 14.0 Å². The van der Waals surface area contributed by atoms with Crippen molar-refractivity contribution < 1.29 is 31.8 Å². The second-order valence-electron chi connectivity index (χ2n) is 9.36.